The van der Waals surface area contributed by atoms with Gasteiger partial charge in [0.05, 0.1) is 18.0 Å². The predicted octanol–water partition coefficient (Wildman–Crippen LogP) is 5.23. The van der Waals surface area contributed by atoms with Crippen LogP contribution in [0.25, 0.3) is 11.0 Å². The second-order valence-corrected chi connectivity index (χ2v) is 10.1. The van der Waals surface area contributed by atoms with E-state index in [0.717, 1.165) is 100 Å². The van der Waals surface area contributed by atoms with Crippen LogP contribution in [0.4, 0.5) is 10.1 Å². The Morgan fingerprint density at radius 1 is 1.03 bits per heavy atom. The van der Waals surface area contributed by atoms with Crippen LogP contribution in [0.2, 0.25) is 0 Å². The minimum atomic E-state index is -0.289. The number of ether oxygens (including phenoxy) is 1. The number of likely N-dealkylation sites (tertiary alicyclic amines) is 1. The standard InChI is InChI=1S/C28H32FN3O3/c29-22-6-7-24-25(18-22)35-30-27(24)19-9-13-31(14-10-19)11-1-2-15-34-23-16-20-4-3-12-32-26(33)8-5-21(17-23)28(20)32/h6-7,16-19H,1-5,8-15H2. The molecule has 184 valence electrons. The molecule has 6 rings (SSSR count). The van der Waals surface area contributed by atoms with Gasteiger partial charge in [-0.05, 0) is 100.0 Å². The van der Waals surface area contributed by atoms with Crippen LogP contribution in [-0.4, -0.2) is 48.7 Å². The van der Waals surface area contributed by atoms with E-state index in [9.17, 15) is 9.18 Å². The van der Waals surface area contributed by atoms with Gasteiger partial charge in [0.2, 0.25) is 5.91 Å². The molecule has 35 heavy (non-hydrogen) atoms. The minimum absolute atomic E-state index is 0.265. The molecule has 7 heteroatoms. The number of hydrogen-bond donors (Lipinski definition) is 0. The quantitative estimate of drug-likeness (QED) is 0.436. The molecule has 0 bridgehead atoms. The van der Waals surface area contributed by atoms with E-state index >= 15 is 0 Å². The number of unbranched alkanes of at least 4 members (excludes halogenated alkanes) is 1. The summed E-state index contributed by atoms with van der Waals surface area (Å²) < 4.78 is 24.9. The van der Waals surface area contributed by atoms with Gasteiger partial charge in [0.15, 0.2) is 5.58 Å². The van der Waals surface area contributed by atoms with Gasteiger partial charge < -0.3 is 19.1 Å². The van der Waals surface area contributed by atoms with E-state index < -0.39 is 0 Å². The number of amides is 1. The van der Waals surface area contributed by atoms with Crippen LogP contribution in [0.15, 0.2) is 34.9 Å². The van der Waals surface area contributed by atoms with Gasteiger partial charge in [-0.15, -0.1) is 0 Å². The predicted molar refractivity (Wildman–Crippen MR) is 133 cm³/mol. The lowest BCUT2D eigenvalue weighted by Gasteiger charge is -2.35. The molecule has 2 aromatic carbocycles. The van der Waals surface area contributed by atoms with Crippen molar-refractivity contribution in [3.05, 3.63) is 53.0 Å². The molecule has 1 amide bonds. The Balaban J connectivity index is 0.959. The van der Waals surface area contributed by atoms with E-state index in [-0.39, 0.29) is 11.7 Å². The highest BCUT2D eigenvalue weighted by Gasteiger charge is 2.30. The molecule has 0 saturated carbocycles. The van der Waals surface area contributed by atoms with Crippen molar-refractivity contribution < 1.29 is 18.4 Å². The number of aryl methyl sites for hydroxylation is 2. The zero-order valence-corrected chi connectivity index (χ0v) is 20.1. The number of aromatic nitrogens is 1. The van der Waals surface area contributed by atoms with Gasteiger partial charge in [-0.2, -0.15) is 0 Å². The molecule has 4 heterocycles. The number of carbonyl (C=O) groups excluding carboxylic acids is 1. The molecule has 3 aliphatic heterocycles. The number of benzene rings is 2. The summed E-state index contributed by atoms with van der Waals surface area (Å²) >= 11 is 0. The highest BCUT2D eigenvalue weighted by atomic mass is 19.1. The molecule has 0 radical (unpaired) electrons. The highest BCUT2D eigenvalue weighted by Crippen LogP contribution is 2.38. The smallest absolute Gasteiger partial charge is 0.227 e. The summed E-state index contributed by atoms with van der Waals surface area (Å²) in [5.41, 5.74) is 5.21. The van der Waals surface area contributed by atoms with Gasteiger partial charge in [0.1, 0.15) is 11.6 Å². The van der Waals surface area contributed by atoms with Gasteiger partial charge in [0.25, 0.3) is 0 Å². The van der Waals surface area contributed by atoms with E-state index in [4.69, 9.17) is 9.26 Å². The normalized spacial score (nSPS) is 18.8. The van der Waals surface area contributed by atoms with Gasteiger partial charge in [-0.3, -0.25) is 4.79 Å². The fraction of sp³-hybridized carbons (Fsp3) is 0.500. The van der Waals surface area contributed by atoms with Crippen molar-refractivity contribution in [3.8, 4) is 5.75 Å². The van der Waals surface area contributed by atoms with Gasteiger partial charge in [0, 0.05) is 30.3 Å². The average molecular weight is 478 g/mol. The van der Waals surface area contributed by atoms with E-state index in [1.807, 2.05) is 4.90 Å². The molecule has 6 nitrogen and oxygen atoms in total. The summed E-state index contributed by atoms with van der Waals surface area (Å²) in [4.78, 5) is 16.7. The molecule has 0 atom stereocenters. The number of nitrogens with zero attached hydrogens (tertiary/aromatic N) is 3. The van der Waals surface area contributed by atoms with Crippen LogP contribution < -0.4 is 9.64 Å². The van der Waals surface area contributed by atoms with E-state index in [1.165, 1.54) is 23.3 Å². The number of rotatable bonds is 7. The Bertz CT molecular complexity index is 1210. The largest absolute Gasteiger partial charge is 0.494 e. The SMILES string of the molecule is O=C1CCc2cc(OCCCCN3CCC(c4noc5cc(F)ccc45)CC3)cc3c2N1CCC3. The van der Waals surface area contributed by atoms with Crippen molar-refractivity contribution in [2.24, 2.45) is 0 Å². The van der Waals surface area contributed by atoms with Gasteiger partial charge in [-0.1, -0.05) is 5.16 Å². The number of piperidine rings is 1. The summed E-state index contributed by atoms with van der Waals surface area (Å²) in [6.45, 7) is 4.74. The van der Waals surface area contributed by atoms with Crippen LogP contribution in [0.1, 0.15) is 61.3 Å². The fourth-order valence-electron chi connectivity index (χ4n) is 5.99. The summed E-state index contributed by atoms with van der Waals surface area (Å²) in [5, 5.41) is 5.20. The summed E-state index contributed by atoms with van der Waals surface area (Å²) in [6, 6.07) is 8.98. The highest BCUT2D eigenvalue weighted by molar-refractivity contribution is 5.98. The van der Waals surface area contributed by atoms with Crippen LogP contribution in [-0.2, 0) is 17.6 Å². The van der Waals surface area contributed by atoms with Crippen LogP contribution >= 0.6 is 0 Å². The van der Waals surface area contributed by atoms with Crippen molar-refractivity contribution in [1.29, 1.82) is 0 Å². The lowest BCUT2D eigenvalue weighted by atomic mass is 9.91. The number of hydrogen-bond acceptors (Lipinski definition) is 5. The first kappa shape index (κ1) is 22.5. The van der Waals surface area contributed by atoms with Crippen LogP contribution in [0.5, 0.6) is 5.75 Å². The van der Waals surface area contributed by atoms with Gasteiger partial charge in [-0.25, -0.2) is 4.39 Å². The first-order valence-electron chi connectivity index (χ1n) is 13.0. The first-order chi connectivity index (χ1) is 17.2. The molecule has 1 aromatic heterocycles. The lowest BCUT2D eigenvalue weighted by Crippen LogP contribution is -2.39. The maximum absolute atomic E-state index is 13.4. The molecular formula is C28H32FN3O3. The number of carbonyl (C=O) groups is 1. The van der Waals surface area contributed by atoms with Gasteiger partial charge >= 0.3 is 0 Å². The lowest BCUT2D eigenvalue weighted by molar-refractivity contribution is -0.119. The van der Waals surface area contributed by atoms with Crippen molar-refractivity contribution >= 4 is 22.6 Å². The number of halogens is 1. The first-order valence-corrected chi connectivity index (χ1v) is 13.0. The monoisotopic (exact) mass is 477 g/mol. The third-order valence-electron chi connectivity index (χ3n) is 7.82. The molecule has 3 aliphatic rings. The Labute approximate surface area is 205 Å². The summed E-state index contributed by atoms with van der Waals surface area (Å²) in [7, 11) is 0. The third kappa shape index (κ3) is 4.54. The number of anilines is 1. The molecule has 3 aromatic rings. The maximum Gasteiger partial charge on any atom is 0.227 e. The van der Waals surface area contributed by atoms with Crippen molar-refractivity contribution in [1.82, 2.24) is 10.1 Å². The summed E-state index contributed by atoms with van der Waals surface area (Å²) in [5.74, 6) is 1.30. The zero-order valence-electron chi connectivity index (χ0n) is 20.1. The second kappa shape index (κ2) is 9.61. The number of fused-ring (bicyclic) bond motifs is 1. The Kier molecular flexibility index (Phi) is 6.19. The van der Waals surface area contributed by atoms with Crippen molar-refractivity contribution in [2.45, 2.75) is 57.3 Å². The molecule has 0 N–H and O–H groups in total. The third-order valence-corrected chi connectivity index (χ3v) is 7.82. The van der Waals surface area contributed by atoms with Crippen molar-refractivity contribution in [2.75, 3.05) is 37.7 Å². The molecule has 1 saturated heterocycles. The maximum atomic E-state index is 13.4. The Morgan fingerprint density at radius 3 is 2.71 bits per heavy atom. The summed E-state index contributed by atoms with van der Waals surface area (Å²) in [6.07, 6.45) is 7.72. The van der Waals surface area contributed by atoms with Crippen LogP contribution in [0, 0.1) is 5.82 Å². The molecular weight excluding hydrogens is 445 g/mol. The average Bonchev–Trinajstić information content (AvgIpc) is 3.29. The van der Waals surface area contributed by atoms with Crippen LogP contribution in [0.3, 0.4) is 0 Å². The van der Waals surface area contributed by atoms with E-state index in [0.29, 0.717) is 17.9 Å². The Morgan fingerprint density at radius 2 is 1.86 bits per heavy atom. The topological polar surface area (TPSA) is 58.8 Å². The van der Waals surface area contributed by atoms with E-state index in [1.54, 1.807) is 6.07 Å². The molecule has 0 aliphatic carbocycles. The van der Waals surface area contributed by atoms with E-state index in [2.05, 4.69) is 22.2 Å². The second-order valence-electron chi connectivity index (χ2n) is 10.1. The Hall–Kier alpha value is -2.93. The molecule has 0 unspecified atom stereocenters. The fourth-order valence-corrected chi connectivity index (χ4v) is 5.99. The van der Waals surface area contributed by atoms with Crippen molar-refractivity contribution in [3.63, 3.8) is 0 Å². The molecule has 0 spiro atoms. The zero-order chi connectivity index (χ0) is 23.8. The molecule has 1 fully saturated rings. The minimum Gasteiger partial charge on any atom is -0.494 e.